The van der Waals surface area contributed by atoms with Crippen LogP contribution in [0.25, 0.3) is 0 Å². The molecule has 1 N–H and O–H groups in total. The first kappa shape index (κ1) is 11.3. The van der Waals surface area contributed by atoms with Crippen molar-refractivity contribution in [1.82, 2.24) is 0 Å². The average molecular weight is 261 g/mol. The topological polar surface area (TPSA) is 38.7 Å². The van der Waals surface area contributed by atoms with Gasteiger partial charge in [0, 0.05) is 5.33 Å². The van der Waals surface area contributed by atoms with Crippen molar-refractivity contribution in [1.29, 1.82) is 0 Å². The van der Waals surface area contributed by atoms with Gasteiger partial charge >= 0.3 is 0 Å². The van der Waals surface area contributed by atoms with E-state index in [-0.39, 0.29) is 6.61 Å². The van der Waals surface area contributed by atoms with E-state index in [9.17, 15) is 0 Å². The lowest BCUT2D eigenvalue weighted by Gasteiger charge is -2.06. The third-order valence-corrected chi connectivity index (χ3v) is 1.85. The molecule has 0 aliphatic rings. The molecule has 0 heterocycles. The first-order chi connectivity index (χ1) is 6.86. The zero-order chi connectivity index (χ0) is 10.2. The summed E-state index contributed by atoms with van der Waals surface area (Å²) in [6.07, 6.45) is 0. The van der Waals surface area contributed by atoms with E-state index in [0.717, 1.165) is 16.8 Å². The molecule has 0 atom stereocenters. The van der Waals surface area contributed by atoms with Crippen molar-refractivity contribution in [3.8, 4) is 11.5 Å². The highest BCUT2D eigenvalue weighted by atomic mass is 79.9. The molecule has 0 aliphatic carbocycles. The third-order valence-electron chi connectivity index (χ3n) is 1.53. The number of hydrogen-bond donors (Lipinski definition) is 1. The summed E-state index contributed by atoms with van der Waals surface area (Å²) in [7, 11) is 0. The zero-order valence-electron chi connectivity index (χ0n) is 7.78. The van der Waals surface area contributed by atoms with Crippen LogP contribution in [0.15, 0.2) is 24.3 Å². The van der Waals surface area contributed by atoms with Crippen LogP contribution < -0.4 is 9.47 Å². The summed E-state index contributed by atoms with van der Waals surface area (Å²) in [5.41, 5.74) is 0. The van der Waals surface area contributed by atoms with E-state index in [0.29, 0.717) is 13.2 Å². The van der Waals surface area contributed by atoms with Crippen molar-refractivity contribution in [2.45, 2.75) is 0 Å². The summed E-state index contributed by atoms with van der Waals surface area (Å²) in [6.45, 7) is 1.00. The molecule has 0 aliphatic heterocycles. The van der Waals surface area contributed by atoms with Gasteiger partial charge in [-0.05, 0) is 24.3 Å². The maximum Gasteiger partial charge on any atom is 0.119 e. The van der Waals surface area contributed by atoms with E-state index >= 15 is 0 Å². The van der Waals surface area contributed by atoms with Gasteiger partial charge in [-0.2, -0.15) is 0 Å². The highest BCUT2D eigenvalue weighted by Gasteiger charge is 1.95. The minimum atomic E-state index is 0.0296. The lowest BCUT2D eigenvalue weighted by atomic mass is 10.3. The molecule has 1 aromatic rings. The number of aliphatic hydroxyl groups is 1. The smallest absolute Gasteiger partial charge is 0.119 e. The van der Waals surface area contributed by atoms with Crippen LogP contribution in [0.2, 0.25) is 0 Å². The quantitative estimate of drug-likeness (QED) is 0.794. The molecule has 0 radical (unpaired) electrons. The van der Waals surface area contributed by atoms with Crippen LogP contribution in [0.5, 0.6) is 11.5 Å². The summed E-state index contributed by atoms with van der Waals surface area (Å²) in [5, 5.41) is 9.36. The van der Waals surface area contributed by atoms with Crippen LogP contribution in [0, 0.1) is 0 Å². The van der Waals surface area contributed by atoms with Crippen molar-refractivity contribution in [3.63, 3.8) is 0 Å². The fraction of sp³-hybridized carbons (Fsp3) is 0.400. The Morgan fingerprint density at radius 1 is 1.00 bits per heavy atom. The summed E-state index contributed by atoms with van der Waals surface area (Å²) >= 11 is 3.28. The summed E-state index contributed by atoms with van der Waals surface area (Å²) in [5.74, 6) is 1.56. The predicted molar refractivity (Wildman–Crippen MR) is 58.3 cm³/mol. The van der Waals surface area contributed by atoms with Gasteiger partial charge in [0.15, 0.2) is 0 Å². The van der Waals surface area contributed by atoms with Crippen LogP contribution in [0.4, 0.5) is 0 Å². The summed E-state index contributed by atoms with van der Waals surface area (Å²) in [4.78, 5) is 0. The molecule has 14 heavy (non-hydrogen) atoms. The number of benzene rings is 1. The molecule has 0 bridgehead atoms. The number of ether oxygens (including phenoxy) is 2. The first-order valence-corrected chi connectivity index (χ1v) is 5.51. The molecule has 1 aromatic carbocycles. The molecule has 1 rings (SSSR count). The van der Waals surface area contributed by atoms with E-state index in [2.05, 4.69) is 15.9 Å². The Morgan fingerprint density at radius 3 is 1.93 bits per heavy atom. The lowest BCUT2D eigenvalue weighted by molar-refractivity contribution is 0.201. The summed E-state index contributed by atoms with van der Waals surface area (Å²) in [6, 6.07) is 7.32. The number of aliphatic hydroxyl groups excluding tert-OH is 1. The van der Waals surface area contributed by atoms with Gasteiger partial charge in [0.2, 0.25) is 0 Å². The van der Waals surface area contributed by atoms with Gasteiger partial charge in [-0.3, -0.25) is 0 Å². The van der Waals surface area contributed by atoms with Gasteiger partial charge < -0.3 is 14.6 Å². The van der Waals surface area contributed by atoms with Gasteiger partial charge in [0.25, 0.3) is 0 Å². The van der Waals surface area contributed by atoms with Gasteiger partial charge in [-0.25, -0.2) is 0 Å². The number of hydrogen-bond acceptors (Lipinski definition) is 3. The van der Waals surface area contributed by atoms with E-state index in [1.165, 1.54) is 0 Å². The second-order valence-corrected chi connectivity index (χ2v) is 3.37. The van der Waals surface area contributed by atoms with Crippen LogP contribution in [0.3, 0.4) is 0 Å². The molecule has 3 nitrogen and oxygen atoms in total. The maximum absolute atomic E-state index is 8.54. The number of rotatable bonds is 6. The lowest BCUT2D eigenvalue weighted by Crippen LogP contribution is -2.01. The molecule has 0 spiro atoms. The minimum absolute atomic E-state index is 0.0296. The van der Waals surface area contributed by atoms with E-state index < -0.39 is 0 Å². The average Bonchev–Trinajstić information content (AvgIpc) is 2.25. The maximum atomic E-state index is 8.54. The Labute approximate surface area is 91.8 Å². The number of alkyl halides is 1. The SMILES string of the molecule is OCCOc1ccc(OCCBr)cc1. The normalized spacial score (nSPS) is 9.86. The minimum Gasteiger partial charge on any atom is -0.493 e. The largest absolute Gasteiger partial charge is 0.493 e. The van der Waals surface area contributed by atoms with Crippen molar-refractivity contribution in [2.24, 2.45) is 0 Å². The Hall–Kier alpha value is -0.740. The van der Waals surface area contributed by atoms with E-state index in [1.54, 1.807) is 0 Å². The Morgan fingerprint density at radius 2 is 1.50 bits per heavy atom. The first-order valence-electron chi connectivity index (χ1n) is 4.39. The van der Waals surface area contributed by atoms with Crippen molar-refractivity contribution < 1.29 is 14.6 Å². The predicted octanol–water partition coefficient (Wildman–Crippen LogP) is 1.83. The highest BCUT2D eigenvalue weighted by molar-refractivity contribution is 9.09. The van der Waals surface area contributed by atoms with Crippen molar-refractivity contribution >= 4 is 15.9 Å². The Bertz CT molecular complexity index is 221. The molecule has 0 saturated heterocycles. The standard InChI is InChI=1S/C10H13BrO3/c11-5-7-13-9-1-3-10(4-2-9)14-8-6-12/h1-4,12H,5-8H2. The van der Waals surface area contributed by atoms with Crippen LogP contribution in [0.1, 0.15) is 0 Å². The van der Waals surface area contributed by atoms with Crippen molar-refractivity contribution in [2.75, 3.05) is 25.2 Å². The zero-order valence-corrected chi connectivity index (χ0v) is 9.37. The second-order valence-electron chi connectivity index (χ2n) is 2.58. The van der Waals surface area contributed by atoms with Gasteiger partial charge in [0.05, 0.1) is 13.2 Å². The molecular weight excluding hydrogens is 248 g/mol. The molecule has 0 amide bonds. The monoisotopic (exact) mass is 260 g/mol. The Balaban J connectivity index is 2.42. The molecule has 0 saturated carbocycles. The molecule has 0 fully saturated rings. The fourth-order valence-corrected chi connectivity index (χ4v) is 1.11. The Kier molecular flexibility index (Phi) is 5.40. The number of halogens is 1. The summed E-state index contributed by atoms with van der Waals surface area (Å²) < 4.78 is 10.6. The molecule has 0 unspecified atom stereocenters. The molecular formula is C10H13BrO3. The van der Waals surface area contributed by atoms with E-state index in [1.807, 2.05) is 24.3 Å². The fourth-order valence-electron chi connectivity index (χ4n) is 0.952. The van der Waals surface area contributed by atoms with Crippen LogP contribution >= 0.6 is 15.9 Å². The second kappa shape index (κ2) is 6.68. The van der Waals surface area contributed by atoms with Crippen LogP contribution in [-0.4, -0.2) is 30.3 Å². The highest BCUT2D eigenvalue weighted by Crippen LogP contribution is 2.17. The van der Waals surface area contributed by atoms with Gasteiger partial charge in [0.1, 0.15) is 18.1 Å². The third kappa shape index (κ3) is 3.98. The molecule has 0 aromatic heterocycles. The van der Waals surface area contributed by atoms with Crippen molar-refractivity contribution in [3.05, 3.63) is 24.3 Å². The van der Waals surface area contributed by atoms with Crippen LogP contribution in [-0.2, 0) is 0 Å². The van der Waals surface area contributed by atoms with Gasteiger partial charge in [-0.1, -0.05) is 15.9 Å². The van der Waals surface area contributed by atoms with E-state index in [4.69, 9.17) is 14.6 Å². The molecule has 4 heteroatoms. The van der Waals surface area contributed by atoms with Gasteiger partial charge in [-0.15, -0.1) is 0 Å². The molecule has 78 valence electrons.